The molecule has 1 aliphatic rings. The molecule has 1 N–H and O–H groups in total. The van der Waals surface area contributed by atoms with E-state index in [1.54, 1.807) is 6.20 Å². The number of aromatic nitrogens is 2. The average molecular weight is 240 g/mol. The van der Waals surface area contributed by atoms with Crippen LogP contribution in [0.25, 0.3) is 0 Å². The Bertz CT molecular complexity index is 355. The van der Waals surface area contributed by atoms with Crippen molar-refractivity contribution in [3.05, 3.63) is 17.4 Å². The maximum atomic E-state index is 5.79. The molecule has 0 radical (unpaired) electrons. The molecule has 1 aromatic heterocycles. The third-order valence-electron chi connectivity index (χ3n) is 3.33. The highest BCUT2D eigenvalue weighted by Gasteiger charge is 2.26. The molecule has 0 aliphatic heterocycles. The van der Waals surface area contributed by atoms with Gasteiger partial charge in [-0.3, -0.25) is 0 Å². The standard InChI is InChI=1S/C12H18ClN3/c1-12(2)5-3-9(4-6-12)15-10-7-11(13)16-14-8-10/h7-9H,3-6H2,1-2H3,(H,15,16). The quantitative estimate of drug-likeness (QED) is 0.858. The molecule has 0 spiro atoms. The van der Waals surface area contributed by atoms with E-state index in [9.17, 15) is 0 Å². The van der Waals surface area contributed by atoms with Crippen LogP contribution in [0.4, 0.5) is 5.69 Å². The van der Waals surface area contributed by atoms with E-state index in [0.29, 0.717) is 16.6 Å². The average Bonchev–Trinajstić information content (AvgIpc) is 2.21. The summed E-state index contributed by atoms with van der Waals surface area (Å²) in [4.78, 5) is 0. The summed E-state index contributed by atoms with van der Waals surface area (Å²) in [5, 5.41) is 11.5. The normalized spacial score (nSPS) is 20.7. The first-order valence-electron chi connectivity index (χ1n) is 5.80. The molecule has 1 heterocycles. The van der Waals surface area contributed by atoms with E-state index in [4.69, 9.17) is 11.6 Å². The monoisotopic (exact) mass is 239 g/mol. The van der Waals surface area contributed by atoms with Gasteiger partial charge in [-0.2, -0.15) is 5.10 Å². The fourth-order valence-electron chi connectivity index (χ4n) is 2.20. The maximum absolute atomic E-state index is 5.79. The van der Waals surface area contributed by atoms with Crippen molar-refractivity contribution in [3.8, 4) is 0 Å². The summed E-state index contributed by atoms with van der Waals surface area (Å²) in [6.07, 6.45) is 6.71. The number of rotatable bonds is 2. The molecule has 0 amide bonds. The predicted octanol–water partition coefficient (Wildman–Crippen LogP) is 3.51. The number of nitrogens with one attached hydrogen (secondary N) is 1. The molecule has 0 bridgehead atoms. The van der Waals surface area contributed by atoms with Gasteiger partial charge in [0.1, 0.15) is 0 Å². The largest absolute Gasteiger partial charge is 0.381 e. The minimum Gasteiger partial charge on any atom is -0.381 e. The van der Waals surface area contributed by atoms with E-state index in [1.807, 2.05) is 6.07 Å². The molecule has 1 aromatic rings. The van der Waals surface area contributed by atoms with Crippen LogP contribution in [-0.4, -0.2) is 16.2 Å². The Hall–Kier alpha value is -0.830. The Balaban J connectivity index is 1.92. The van der Waals surface area contributed by atoms with E-state index < -0.39 is 0 Å². The molecular formula is C12H18ClN3. The SMILES string of the molecule is CC1(C)CCC(Nc2cnnc(Cl)c2)CC1. The molecule has 4 heteroatoms. The Morgan fingerprint density at radius 1 is 1.38 bits per heavy atom. The fraction of sp³-hybridized carbons (Fsp3) is 0.667. The highest BCUT2D eigenvalue weighted by Crippen LogP contribution is 2.36. The summed E-state index contributed by atoms with van der Waals surface area (Å²) in [5.74, 6) is 0. The summed E-state index contributed by atoms with van der Waals surface area (Å²) >= 11 is 5.79. The van der Waals surface area contributed by atoms with Gasteiger partial charge in [-0.15, -0.1) is 5.10 Å². The minimum absolute atomic E-state index is 0.445. The Labute approximate surface area is 102 Å². The zero-order chi connectivity index (χ0) is 11.6. The molecule has 0 saturated heterocycles. The third-order valence-corrected chi connectivity index (χ3v) is 3.52. The van der Waals surface area contributed by atoms with Crippen molar-refractivity contribution in [2.75, 3.05) is 5.32 Å². The third kappa shape index (κ3) is 3.08. The zero-order valence-corrected chi connectivity index (χ0v) is 10.6. The number of anilines is 1. The lowest BCUT2D eigenvalue weighted by molar-refractivity contribution is 0.232. The number of hydrogen-bond donors (Lipinski definition) is 1. The van der Waals surface area contributed by atoms with E-state index in [1.165, 1.54) is 25.7 Å². The van der Waals surface area contributed by atoms with E-state index in [0.717, 1.165) is 5.69 Å². The fourth-order valence-corrected chi connectivity index (χ4v) is 2.36. The molecule has 88 valence electrons. The molecule has 0 aromatic carbocycles. The van der Waals surface area contributed by atoms with Crippen molar-refractivity contribution in [1.29, 1.82) is 0 Å². The Morgan fingerprint density at radius 2 is 2.06 bits per heavy atom. The van der Waals surface area contributed by atoms with Gasteiger partial charge in [0.25, 0.3) is 0 Å². The number of halogens is 1. The van der Waals surface area contributed by atoms with Gasteiger partial charge in [0.05, 0.1) is 11.9 Å². The molecule has 1 saturated carbocycles. The lowest BCUT2D eigenvalue weighted by atomic mass is 9.75. The maximum Gasteiger partial charge on any atom is 0.153 e. The van der Waals surface area contributed by atoms with Crippen LogP contribution < -0.4 is 5.32 Å². The van der Waals surface area contributed by atoms with Crippen molar-refractivity contribution in [1.82, 2.24) is 10.2 Å². The number of hydrogen-bond acceptors (Lipinski definition) is 3. The smallest absolute Gasteiger partial charge is 0.153 e. The van der Waals surface area contributed by atoms with Gasteiger partial charge in [-0.1, -0.05) is 25.4 Å². The van der Waals surface area contributed by atoms with Gasteiger partial charge >= 0.3 is 0 Å². The van der Waals surface area contributed by atoms with Gasteiger partial charge in [-0.05, 0) is 31.1 Å². The van der Waals surface area contributed by atoms with Gasteiger partial charge in [0.15, 0.2) is 5.15 Å². The zero-order valence-electron chi connectivity index (χ0n) is 9.83. The second-order valence-corrected chi connectivity index (χ2v) is 5.74. The Kier molecular flexibility index (Phi) is 3.33. The number of nitrogens with zero attached hydrogens (tertiary/aromatic N) is 2. The van der Waals surface area contributed by atoms with Crippen LogP contribution in [-0.2, 0) is 0 Å². The Morgan fingerprint density at radius 3 is 2.69 bits per heavy atom. The lowest BCUT2D eigenvalue weighted by Crippen LogP contribution is -2.29. The van der Waals surface area contributed by atoms with Crippen LogP contribution in [0.1, 0.15) is 39.5 Å². The van der Waals surface area contributed by atoms with Gasteiger partial charge in [0, 0.05) is 12.1 Å². The van der Waals surface area contributed by atoms with Crippen molar-refractivity contribution >= 4 is 17.3 Å². The van der Waals surface area contributed by atoms with Crippen LogP contribution in [0.15, 0.2) is 12.3 Å². The van der Waals surface area contributed by atoms with Crippen LogP contribution in [0, 0.1) is 5.41 Å². The highest BCUT2D eigenvalue weighted by molar-refractivity contribution is 6.29. The molecule has 0 atom stereocenters. The van der Waals surface area contributed by atoms with Crippen LogP contribution in [0.5, 0.6) is 0 Å². The topological polar surface area (TPSA) is 37.8 Å². The first kappa shape index (κ1) is 11.6. The van der Waals surface area contributed by atoms with E-state index in [2.05, 4.69) is 29.4 Å². The lowest BCUT2D eigenvalue weighted by Gasteiger charge is -2.35. The molecule has 2 rings (SSSR count). The van der Waals surface area contributed by atoms with Crippen LogP contribution in [0.3, 0.4) is 0 Å². The van der Waals surface area contributed by atoms with Crippen molar-refractivity contribution < 1.29 is 0 Å². The predicted molar refractivity (Wildman–Crippen MR) is 66.7 cm³/mol. The first-order chi connectivity index (χ1) is 7.55. The van der Waals surface area contributed by atoms with Crippen molar-refractivity contribution in [3.63, 3.8) is 0 Å². The first-order valence-corrected chi connectivity index (χ1v) is 6.18. The van der Waals surface area contributed by atoms with Gasteiger partial charge < -0.3 is 5.32 Å². The molecule has 0 unspecified atom stereocenters. The van der Waals surface area contributed by atoms with Crippen molar-refractivity contribution in [2.24, 2.45) is 5.41 Å². The highest BCUT2D eigenvalue weighted by atomic mass is 35.5. The summed E-state index contributed by atoms with van der Waals surface area (Å²) in [7, 11) is 0. The van der Waals surface area contributed by atoms with Crippen LogP contribution >= 0.6 is 11.6 Å². The summed E-state index contributed by atoms with van der Waals surface area (Å²) in [6.45, 7) is 4.68. The summed E-state index contributed by atoms with van der Waals surface area (Å²) in [6, 6.07) is 2.38. The molecule has 1 fully saturated rings. The summed E-state index contributed by atoms with van der Waals surface area (Å²) < 4.78 is 0. The van der Waals surface area contributed by atoms with Gasteiger partial charge in [0.2, 0.25) is 0 Å². The molecule has 16 heavy (non-hydrogen) atoms. The molecular weight excluding hydrogens is 222 g/mol. The second kappa shape index (κ2) is 4.58. The van der Waals surface area contributed by atoms with E-state index in [-0.39, 0.29) is 0 Å². The second-order valence-electron chi connectivity index (χ2n) is 5.35. The van der Waals surface area contributed by atoms with Gasteiger partial charge in [-0.25, -0.2) is 0 Å². The minimum atomic E-state index is 0.445. The van der Waals surface area contributed by atoms with E-state index >= 15 is 0 Å². The van der Waals surface area contributed by atoms with Crippen LogP contribution in [0.2, 0.25) is 5.15 Å². The molecule has 3 nitrogen and oxygen atoms in total. The van der Waals surface area contributed by atoms with Crippen molar-refractivity contribution in [2.45, 2.75) is 45.6 Å². The molecule has 1 aliphatic carbocycles. The summed E-state index contributed by atoms with van der Waals surface area (Å²) in [5.41, 5.74) is 1.48.